The Kier molecular flexibility index (Phi) is 5.83. The number of benzene rings is 1. The third-order valence-corrected chi connectivity index (χ3v) is 4.25. The Hall–Kier alpha value is -2.01. The van der Waals surface area contributed by atoms with Crippen molar-refractivity contribution in [1.82, 2.24) is 10.6 Å². The standard InChI is InChI=1S/C17H23N3OS/c1-12(2)20-17(18-3)19-11-15-9-10-16(22-15)13-5-7-14(21-4)8-6-13/h5-10,12H,11H2,1-4H3,(H2,18,19,20). The van der Waals surface area contributed by atoms with Gasteiger partial charge in [0.2, 0.25) is 0 Å². The molecule has 2 rings (SSSR count). The first-order valence-electron chi connectivity index (χ1n) is 7.32. The van der Waals surface area contributed by atoms with Crippen molar-refractivity contribution in [2.24, 2.45) is 4.99 Å². The number of hydrogen-bond acceptors (Lipinski definition) is 3. The second-order valence-corrected chi connectivity index (χ2v) is 6.39. The third-order valence-electron chi connectivity index (χ3n) is 3.12. The number of nitrogens with one attached hydrogen (secondary N) is 2. The van der Waals surface area contributed by atoms with Crippen LogP contribution in [0.3, 0.4) is 0 Å². The van der Waals surface area contributed by atoms with E-state index >= 15 is 0 Å². The first kappa shape index (κ1) is 16.4. The van der Waals surface area contributed by atoms with Gasteiger partial charge in [-0.3, -0.25) is 4.99 Å². The van der Waals surface area contributed by atoms with Crippen LogP contribution >= 0.6 is 11.3 Å². The molecule has 1 aromatic carbocycles. The molecule has 0 saturated heterocycles. The first-order chi connectivity index (χ1) is 10.6. The van der Waals surface area contributed by atoms with E-state index in [-0.39, 0.29) is 0 Å². The van der Waals surface area contributed by atoms with E-state index in [0.717, 1.165) is 18.3 Å². The molecular weight excluding hydrogens is 294 g/mol. The molecule has 0 bridgehead atoms. The molecule has 0 aliphatic rings. The van der Waals surface area contributed by atoms with Gasteiger partial charge in [-0.25, -0.2) is 0 Å². The van der Waals surface area contributed by atoms with Gasteiger partial charge in [0.15, 0.2) is 5.96 Å². The Labute approximate surface area is 136 Å². The topological polar surface area (TPSA) is 45.7 Å². The predicted molar refractivity (Wildman–Crippen MR) is 94.8 cm³/mol. The smallest absolute Gasteiger partial charge is 0.191 e. The largest absolute Gasteiger partial charge is 0.497 e. The normalized spacial score (nSPS) is 11.6. The number of hydrogen-bond donors (Lipinski definition) is 2. The van der Waals surface area contributed by atoms with Crippen molar-refractivity contribution in [3.63, 3.8) is 0 Å². The van der Waals surface area contributed by atoms with E-state index in [0.29, 0.717) is 6.04 Å². The lowest BCUT2D eigenvalue weighted by atomic mass is 10.2. The highest BCUT2D eigenvalue weighted by Crippen LogP contribution is 2.29. The maximum Gasteiger partial charge on any atom is 0.191 e. The van der Waals surface area contributed by atoms with Gasteiger partial charge in [0.05, 0.1) is 13.7 Å². The molecule has 2 N–H and O–H groups in total. The molecule has 1 aromatic heterocycles. The van der Waals surface area contributed by atoms with Crippen molar-refractivity contribution in [2.75, 3.05) is 14.2 Å². The first-order valence-corrected chi connectivity index (χ1v) is 8.14. The molecule has 5 heteroatoms. The van der Waals surface area contributed by atoms with Gasteiger partial charge in [0, 0.05) is 22.8 Å². The second kappa shape index (κ2) is 7.84. The van der Waals surface area contributed by atoms with E-state index in [1.807, 2.05) is 12.1 Å². The zero-order chi connectivity index (χ0) is 15.9. The van der Waals surface area contributed by atoms with Gasteiger partial charge in [0.25, 0.3) is 0 Å². The van der Waals surface area contributed by atoms with Gasteiger partial charge >= 0.3 is 0 Å². The number of rotatable bonds is 5. The molecule has 0 saturated carbocycles. The lowest BCUT2D eigenvalue weighted by Gasteiger charge is -2.13. The molecule has 0 atom stereocenters. The highest BCUT2D eigenvalue weighted by atomic mass is 32.1. The van der Waals surface area contributed by atoms with Crippen molar-refractivity contribution >= 4 is 17.3 Å². The maximum atomic E-state index is 5.19. The fourth-order valence-electron chi connectivity index (χ4n) is 2.02. The molecular formula is C17H23N3OS. The summed E-state index contributed by atoms with van der Waals surface area (Å²) in [5.74, 6) is 1.71. The van der Waals surface area contributed by atoms with Gasteiger partial charge in [-0.1, -0.05) is 0 Å². The Balaban J connectivity index is 1.98. The van der Waals surface area contributed by atoms with Crippen LogP contribution in [0.2, 0.25) is 0 Å². The van der Waals surface area contributed by atoms with Gasteiger partial charge in [-0.05, 0) is 55.8 Å². The van der Waals surface area contributed by atoms with E-state index in [1.165, 1.54) is 15.3 Å². The zero-order valence-corrected chi connectivity index (χ0v) is 14.3. The second-order valence-electron chi connectivity index (χ2n) is 5.22. The van der Waals surface area contributed by atoms with Crippen LogP contribution in [0.5, 0.6) is 5.75 Å². The van der Waals surface area contributed by atoms with Crippen LogP contribution in [0, 0.1) is 0 Å². The van der Waals surface area contributed by atoms with E-state index in [9.17, 15) is 0 Å². The van der Waals surface area contributed by atoms with Gasteiger partial charge in [-0.15, -0.1) is 11.3 Å². The Morgan fingerprint density at radius 2 is 1.91 bits per heavy atom. The van der Waals surface area contributed by atoms with Crippen LogP contribution in [0.4, 0.5) is 0 Å². The monoisotopic (exact) mass is 317 g/mol. The SMILES string of the molecule is CN=C(NCc1ccc(-c2ccc(OC)cc2)s1)NC(C)C. The summed E-state index contributed by atoms with van der Waals surface area (Å²) in [5.41, 5.74) is 1.21. The van der Waals surface area contributed by atoms with Gasteiger partial charge < -0.3 is 15.4 Å². The van der Waals surface area contributed by atoms with E-state index in [2.05, 4.69) is 53.7 Å². The summed E-state index contributed by atoms with van der Waals surface area (Å²) in [6, 6.07) is 12.8. The number of ether oxygens (including phenoxy) is 1. The Morgan fingerprint density at radius 3 is 2.50 bits per heavy atom. The molecule has 0 radical (unpaired) electrons. The summed E-state index contributed by atoms with van der Waals surface area (Å²) < 4.78 is 5.19. The van der Waals surface area contributed by atoms with Gasteiger partial charge in [-0.2, -0.15) is 0 Å². The minimum Gasteiger partial charge on any atom is -0.497 e. The molecule has 0 unspecified atom stereocenters. The van der Waals surface area contributed by atoms with Gasteiger partial charge in [0.1, 0.15) is 5.75 Å². The number of thiophene rings is 1. The highest BCUT2D eigenvalue weighted by molar-refractivity contribution is 7.15. The summed E-state index contributed by atoms with van der Waals surface area (Å²) in [7, 11) is 3.47. The minimum atomic E-state index is 0.365. The van der Waals surface area contributed by atoms with Crippen LogP contribution in [-0.2, 0) is 6.54 Å². The molecule has 22 heavy (non-hydrogen) atoms. The van der Waals surface area contributed by atoms with Crippen molar-refractivity contribution in [2.45, 2.75) is 26.4 Å². The summed E-state index contributed by atoms with van der Waals surface area (Å²) in [4.78, 5) is 6.74. The predicted octanol–water partition coefficient (Wildman–Crippen LogP) is 3.50. The summed E-state index contributed by atoms with van der Waals surface area (Å²) in [6.07, 6.45) is 0. The molecule has 0 amide bonds. The average molecular weight is 317 g/mol. The molecule has 0 fully saturated rings. The number of aliphatic imine (C=N–C) groups is 1. The Bertz CT molecular complexity index is 617. The number of nitrogens with zero attached hydrogens (tertiary/aromatic N) is 1. The zero-order valence-electron chi connectivity index (χ0n) is 13.5. The molecule has 0 spiro atoms. The number of methoxy groups -OCH3 is 1. The third kappa shape index (κ3) is 4.49. The van der Waals surface area contributed by atoms with Crippen LogP contribution in [0.1, 0.15) is 18.7 Å². The summed E-state index contributed by atoms with van der Waals surface area (Å²) >= 11 is 1.78. The van der Waals surface area contributed by atoms with Crippen LogP contribution < -0.4 is 15.4 Å². The fourth-order valence-corrected chi connectivity index (χ4v) is 2.98. The van der Waals surface area contributed by atoms with Crippen molar-refractivity contribution in [3.05, 3.63) is 41.3 Å². The van der Waals surface area contributed by atoms with Crippen molar-refractivity contribution in [1.29, 1.82) is 0 Å². The van der Waals surface area contributed by atoms with E-state index < -0.39 is 0 Å². The van der Waals surface area contributed by atoms with Crippen molar-refractivity contribution in [3.8, 4) is 16.2 Å². The summed E-state index contributed by atoms with van der Waals surface area (Å²) in [5, 5.41) is 6.61. The molecule has 0 aliphatic heterocycles. The quantitative estimate of drug-likeness (QED) is 0.655. The fraction of sp³-hybridized carbons (Fsp3) is 0.353. The highest BCUT2D eigenvalue weighted by Gasteiger charge is 2.05. The molecule has 0 aliphatic carbocycles. The maximum absolute atomic E-state index is 5.19. The van der Waals surface area contributed by atoms with Crippen LogP contribution in [0.15, 0.2) is 41.4 Å². The lowest BCUT2D eigenvalue weighted by molar-refractivity contribution is 0.415. The van der Waals surface area contributed by atoms with Crippen LogP contribution in [-0.4, -0.2) is 26.2 Å². The number of guanidine groups is 1. The molecule has 118 valence electrons. The van der Waals surface area contributed by atoms with E-state index in [1.54, 1.807) is 25.5 Å². The molecule has 1 heterocycles. The molecule has 2 aromatic rings. The minimum absolute atomic E-state index is 0.365. The molecule has 4 nitrogen and oxygen atoms in total. The Morgan fingerprint density at radius 1 is 1.18 bits per heavy atom. The van der Waals surface area contributed by atoms with Crippen molar-refractivity contribution < 1.29 is 4.74 Å². The lowest BCUT2D eigenvalue weighted by Crippen LogP contribution is -2.40. The van der Waals surface area contributed by atoms with E-state index in [4.69, 9.17) is 4.74 Å². The summed E-state index contributed by atoms with van der Waals surface area (Å²) in [6.45, 7) is 4.97. The van der Waals surface area contributed by atoms with Crippen LogP contribution in [0.25, 0.3) is 10.4 Å². The average Bonchev–Trinajstić information content (AvgIpc) is 3.00.